The van der Waals surface area contributed by atoms with Gasteiger partial charge >= 0.3 is 0 Å². The molecule has 0 aliphatic rings. The van der Waals surface area contributed by atoms with E-state index < -0.39 is 0 Å². The molecule has 0 bridgehead atoms. The summed E-state index contributed by atoms with van der Waals surface area (Å²) in [5.41, 5.74) is 2.21. The van der Waals surface area contributed by atoms with E-state index in [1.807, 2.05) is 12.1 Å². The van der Waals surface area contributed by atoms with Crippen molar-refractivity contribution in [3.8, 4) is 6.07 Å². The van der Waals surface area contributed by atoms with Crippen LogP contribution in [0.1, 0.15) is 11.1 Å². The van der Waals surface area contributed by atoms with Crippen molar-refractivity contribution in [2.45, 2.75) is 6.54 Å². The van der Waals surface area contributed by atoms with Crippen LogP contribution in [0, 0.1) is 11.3 Å². The Morgan fingerprint density at radius 2 is 1.79 bits per heavy atom. The third-order valence-electron chi connectivity index (χ3n) is 2.58. The van der Waals surface area contributed by atoms with Crippen molar-refractivity contribution in [1.29, 1.82) is 5.26 Å². The van der Waals surface area contributed by atoms with Crippen molar-refractivity contribution >= 4 is 40.5 Å². The van der Waals surface area contributed by atoms with E-state index in [9.17, 15) is 0 Å². The van der Waals surface area contributed by atoms with Gasteiger partial charge in [-0.1, -0.05) is 40.9 Å². The van der Waals surface area contributed by atoms with Crippen LogP contribution in [0.15, 0.2) is 36.4 Å². The maximum absolute atomic E-state index is 8.76. The van der Waals surface area contributed by atoms with Crippen LogP contribution in [-0.4, -0.2) is 0 Å². The second kappa shape index (κ2) is 6.16. The molecule has 2 aromatic rings. The summed E-state index contributed by atoms with van der Waals surface area (Å²) in [6, 6.07) is 12.5. The van der Waals surface area contributed by atoms with Crippen molar-refractivity contribution in [2.24, 2.45) is 0 Å². The topological polar surface area (TPSA) is 35.8 Å². The number of halogens is 3. The van der Waals surface area contributed by atoms with Crippen LogP contribution in [0.2, 0.25) is 15.1 Å². The van der Waals surface area contributed by atoms with Gasteiger partial charge < -0.3 is 5.32 Å². The number of benzene rings is 2. The van der Waals surface area contributed by atoms with Crippen LogP contribution < -0.4 is 5.32 Å². The van der Waals surface area contributed by atoms with Gasteiger partial charge in [-0.15, -0.1) is 0 Å². The lowest BCUT2D eigenvalue weighted by Crippen LogP contribution is -2.00. The Labute approximate surface area is 126 Å². The second-order valence-electron chi connectivity index (χ2n) is 3.90. The van der Waals surface area contributed by atoms with Gasteiger partial charge in [0.15, 0.2) is 0 Å². The van der Waals surface area contributed by atoms with E-state index >= 15 is 0 Å². The number of rotatable bonds is 3. The highest BCUT2D eigenvalue weighted by molar-refractivity contribution is 6.35. The molecule has 1 N–H and O–H groups in total. The molecule has 0 saturated heterocycles. The predicted octanol–water partition coefficient (Wildman–Crippen LogP) is 5.13. The van der Waals surface area contributed by atoms with E-state index in [4.69, 9.17) is 40.1 Å². The first-order valence-electron chi connectivity index (χ1n) is 5.47. The van der Waals surface area contributed by atoms with Crippen LogP contribution >= 0.6 is 34.8 Å². The van der Waals surface area contributed by atoms with Crippen LogP contribution in [-0.2, 0) is 6.54 Å². The smallest absolute Gasteiger partial charge is 0.0992 e. The monoisotopic (exact) mass is 310 g/mol. The third-order valence-corrected chi connectivity index (χ3v) is 3.48. The van der Waals surface area contributed by atoms with Gasteiger partial charge in [-0.2, -0.15) is 5.26 Å². The molecule has 5 heteroatoms. The molecule has 2 rings (SSSR count). The molecule has 2 aromatic carbocycles. The van der Waals surface area contributed by atoms with Crippen molar-refractivity contribution in [1.82, 2.24) is 0 Å². The summed E-state index contributed by atoms with van der Waals surface area (Å²) in [5.74, 6) is 0. The van der Waals surface area contributed by atoms with Gasteiger partial charge in [-0.05, 0) is 35.9 Å². The summed E-state index contributed by atoms with van der Waals surface area (Å²) >= 11 is 18.0. The Hall–Kier alpha value is -1.40. The summed E-state index contributed by atoms with van der Waals surface area (Å²) in [7, 11) is 0. The average Bonchev–Trinajstić information content (AvgIpc) is 2.39. The van der Waals surface area contributed by atoms with Gasteiger partial charge in [0.2, 0.25) is 0 Å². The highest BCUT2D eigenvalue weighted by atomic mass is 35.5. The highest BCUT2D eigenvalue weighted by Gasteiger charge is 2.04. The van der Waals surface area contributed by atoms with Gasteiger partial charge in [0.05, 0.1) is 22.3 Å². The molecule has 0 radical (unpaired) electrons. The first kappa shape index (κ1) is 14.0. The third kappa shape index (κ3) is 3.54. The largest absolute Gasteiger partial charge is 0.380 e. The van der Waals surface area contributed by atoms with E-state index in [1.54, 1.807) is 30.3 Å². The highest BCUT2D eigenvalue weighted by Crippen LogP contribution is 2.25. The van der Waals surface area contributed by atoms with Crippen LogP contribution in [0.3, 0.4) is 0 Å². The average molecular weight is 312 g/mol. The zero-order valence-corrected chi connectivity index (χ0v) is 12.0. The minimum absolute atomic E-state index is 0.504. The Balaban J connectivity index is 2.13. The molecule has 0 saturated carbocycles. The zero-order valence-electron chi connectivity index (χ0n) is 9.75. The minimum atomic E-state index is 0.504. The quantitative estimate of drug-likeness (QED) is 0.853. The van der Waals surface area contributed by atoms with E-state index in [1.165, 1.54) is 0 Å². The Kier molecular flexibility index (Phi) is 4.55. The molecule has 19 heavy (non-hydrogen) atoms. The standard InChI is InChI=1S/C14H9Cl3N2/c15-11-3-2-10(12(16)6-11)8-19-14-4-1-9(7-18)5-13(14)17/h1-6,19H,8H2. The molecule has 0 aromatic heterocycles. The summed E-state index contributed by atoms with van der Waals surface area (Å²) < 4.78 is 0. The molecule has 2 nitrogen and oxygen atoms in total. The maximum Gasteiger partial charge on any atom is 0.0992 e. The number of nitriles is 1. The predicted molar refractivity (Wildman–Crippen MR) is 80.0 cm³/mol. The van der Waals surface area contributed by atoms with E-state index in [0.29, 0.717) is 27.2 Å². The van der Waals surface area contributed by atoms with Crippen LogP contribution in [0.25, 0.3) is 0 Å². The summed E-state index contributed by atoms with van der Waals surface area (Å²) in [6.45, 7) is 0.529. The molecule has 0 atom stereocenters. The molecule has 0 amide bonds. The second-order valence-corrected chi connectivity index (χ2v) is 5.15. The van der Waals surface area contributed by atoms with Crippen molar-refractivity contribution < 1.29 is 0 Å². The van der Waals surface area contributed by atoms with Gasteiger partial charge in [0.25, 0.3) is 0 Å². The SMILES string of the molecule is N#Cc1ccc(NCc2ccc(Cl)cc2Cl)c(Cl)c1. The fourth-order valence-electron chi connectivity index (χ4n) is 1.58. The normalized spacial score (nSPS) is 10.0. The summed E-state index contributed by atoms with van der Waals surface area (Å²) in [5, 5.41) is 13.6. The molecule has 0 fully saturated rings. The minimum Gasteiger partial charge on any atom is -0.380 e. The number of hydrogen-bond acceptors (Lipinski definition) is 2. The molecule has 0 heterocycles. The van der Waals surface area contributed by atoms with Gasteiger partial charge in [-0.25, -0.2) is 0 Å². The number of anilines is 1. The lowest BCUT2D eigenvalue weighted by Gasteiger charge is -2.10. The van der Waals surface area contributed by atoms with Gasteiger partial charge in [0, 0.05) is 16.6 Å². The Morgan fingerprint density at radius 3 is 2.42 bits per heavy atom. The zero-order chi connectivity index (χ0) is 13.8. The Bertz CT molecular complexity index is 648. The maximum atomic E-state index is 8.76. The summed E-state index contributed by atoms with van der Waals surface area (Å²) in [4.78, 5) is 0. The molecular formula is C14H9Cl3N2. The lowest BCUT2D eigenvalue weighted by atomic mass is 10.2. The number of nitrogens with one attached hydrogen (secondary N) is 1. The first-order valence-corrected chi connectivity index (χ1v) is 6.61. The number of nitrogens with zero attached hydrogens (tertiary/aromatic N) is 1. The van der Waals surface area contributed by atoms with E-state index in [2.05, 4.69) is 5.32 Å². The lowest BCUT2D eigenvalue weighted by molar-refractivity contribution is 1.15. The van der Waals surface area contributed by atoms with Crippen LogP contribution in [0.4, 0.5) is 5.69 Å². The first-order chi connectivity index (χ1) is 9.10. The molecule has 96 valence electrons. The molecule has 0 aliphatic carbocycles. The van der Waals surface area contributed by atoms with Crippen molar-refractivity contribution in [3.05, 3.63) is 62.6 Å². The fraction of sp³-hybridized carbons (Fsp3) is 0.0714. The van der Waals surface area contributed by atoms with Gasteiger partial charge in [-0.3, -0.25) is 0 Å². The molecule has 0 unspecified atom stereocenters. The van der Waals surface area contributed by atoms with Crippen molar-refractivity contribution in [2.75, 3.05) is 5.32 Å². The summed E-state index contributed by atoms with van der Waals surface area (Å²) in [6.07, 6.45) is 0. The molecular weight excluding hydrogens is 303 g/mol. The molecule has 0 spiro atoms. The van der Waals surface area contributed by atoms with E-state index in [0.717, 1.165) is 11.3 Å². The van der Waals surface area contributed by atoms with E-state index in [-0.39, 0.29) is 0 Å². The van der Waals surface area contributed by atoms with Crippen LogP contribution in [0.5, 0.6) is 0 Å². The Morgan fingerprint density at radius 1 is 1.00 bits per heavy atom. The molecule has 0 aliphatic heterocycles. The van der Waals surface area contributed by atoms with Crippen molar-refractivity contribution in [3.63, 3.8) is 0 Å². The number of hydrogen-bond donors (Lipinski definition) is 1. The van der Waals surface area contributed by atoms with Gasteiger partial charge in [0.1, 0.15) is 0 Å². The fourth-order valence-corrected chi connectivity index (χ4v) is 2.31.